The molecule has 0 bridgehead atoms. The molecular formula is C11H13FN2O6S. The summed E-state index contributed by atoms with van der Waals surface area (Å²) in [6.45, 7) is 0.357. The van der Waals surface area contributed by atoms with Gasteiger partial charge >= 0.3 is 0 Å². The molecule has 116 valence electrons. The van der Waals surface area contributed by atoms with Gasteiger partial charge in [0.1, 0.15) is 12.6 Å². The van der Waals surface area contributed by atoms with E-state index in [0.717, 1.165) is 18.2 Å². The van der Waals surface area contributed by atoms with E-state index in [1.807, 2.05) is 0 Å². The maximum atomic E-state index is 13.7. The van der Waals surface area contributed by atoms with Gasteiger partial charge in [0.25, 0.3) is 5.69 Å². The number of halogens is 1. The molecule has 0 spiro atoms. The fourth-order valence-electron chi connectivity index (χ4n) is 1.84. The standard InChI is InChI=1S/C11H13FN2O6S/c12-9-2-1-3-10(14(15)16)11(9)21(17,18)13-6-8-4-5-19-7-20-8/h1-3,8,13H,4-7H2. The van der Waals surface area contributed by atoms with Crippen LogP contribution in [-0.4, -0.2) is 39.4 Å². The molecule has 21 heavy (non-hydrogen) atoms. The first-order chi connectivity index (χ1) is 9.92. The van der Waals surface area contributed by atoms with Gasteiger partial charge < -0.3 is 9.47 Å². The minimum Gasteiger partial charge on any atom is -0.355 e. The van der Waals surface area contributed by atoms with Crippen molar-refractivity contribution in [1.29, 1.82) is 0 Å². The lowest BCUT2D eigenvalue weighted by Crippen LogP contribution is -2.37. The fraction of sp³-hybridized carbons (Fsp3) is 0.455. The second kappa shape index (κ2) is 6.43. The molecule has 1 saturated heterocycles. The molecule has 0 radical (unpaired) electrons. The van der Waals surface area contributed by atoms with Gasteiger partial charge in [-0.1, -0.05) is 6.07 Å². The van der Waals surface area contributed by atoms with Crippen molar-refractivity contribution < 1.29 is 27.2 Å². The van der Waals surface area contributed by atoms with Crippen LogP contribution in [-0.2, 0) is 19.5 Å². The Bertz CT molecular complexity index is 630. The first kappa shape index (κ1) is 15.8. The quantitative estimate of drug-likeness (QED) is 0.634. The summed E-state index contributed by atoms with van der Waals surface area (Å²) in [4.78, 5) is 8.92. The third kappa shape index (κ3) is 3.73. The zero-order valence-electron chi connectivity index (χ0n) is 10.8. The summed E-state index contributed by atoms with van der Waals surface area (Å²) in [7, 11) is -4.35. The van der Waals surface area contributed by atoms with Crippen LogP contribution in [0.5, 0.6) is 0 Å². The van der Waals surface area contributed by atoms with Crippen LogP contribution in [0.2, 0.25) is 0 Å². The van der Waals surface area contributed by atoms with Crippen LogP contribution in [0.3, 0.4) is 0 Å². The SMILES string of the molecule is O=[N+]([O-])c1cccc(F)c1S(=O)(=O)NCC1CCOCO1. The van der Waals surface area contributed by atoms with Gasteiger partial charge in [-0.05, 0) is 12.5 Å². The van der Waals surface area contributed by atoms with Crippen LogP contribution in [0.15, 0.2) is 23.1 Å². The smallest absolute Gasteiger partial charge is 0.292 e. The Morgan fingerprint density at radius 2 is 2.24 bits per heavy atom. The lowest BCUT2D eigenvalue weighted by Gasteiger charge is -2.22. The summed E-state index contributed by atoms with van der Waals surface area (Å²) in [5.74, 6) is -1.18. The third-order valence-corrected chi connectivity index (χ3v) is 4.37. The Kier molecular flexibility index (Phi) is 4.83. The molecule has 1 aromatic rings. The van der Waals surface area contributed by atoms with Crippen LogP contribution in [0, 0.1) is 15.9 Å². The zero-order valence-corrected chi connectivity index (χ0v) is 11.6. The average Bonchev–Trinajstić information content (AvgIpc) is 2.46. The molecule has 1 aromatic carbocycles. The van der Waals surface area contributed by atoms with E-state index in [-0.39, 0.29) is 13.3 Å². The van der Waals surface area contributed by atoms with Crippen LogP contribution in [0.25, 0.3) is 0 Å². The first-order valence-corrected chi connectivity index (χ1v) is 7.52. The Hall–Kier alpha value is -1.62. The summed E-state index contributed by atoms with van der Waals surface area (Å²) >= 11 is 0. The number of hydrogen-bond donors (Lipinski definition) is 1. The van der Waals surface area contributed by atoms with Crippen LogP contribution < -0.4 is 4.72 Å². The highest BCUT2D eigenvalue weighted by Crippen LogP contribution is 2.26. The summed E-state index contributed by atoms with van der Waals surface area (Å²) in [5.41, 5.74) is -0.810. The van der Waals surface area contributed by atoms with Gasteiger partial charge in [-0.3, -0.25) is 10.1 Å². The number of sulfonamides is 1. The molecule has 1 aliphatic heterocycles. The maximum absolute atomic E-state index is 13.7. The highest BCUT2D eigenvalue weighted by atomic mass is 32.2. The van der Waals surface area contributed by atoms with E-state index in [9.17, 15) is 22.9 Å². The zero-order chi connectivity index (χ0) is 15.5. The van der Waals surface area contributed by atoms with E-state index in [1.165, 1.54) is 0 Å². The second-order valence-corrected chi connectivity index (χ2v) is 6.00. The Morgan fingerprint density at radius 3 is 2.86 bits per heavy atom. The Morgan fingerprint density at radius 1 is 1.48 bits per heavy atom. The molecule has 0 aliphatic carbocycles. The predicted octanol–water partition coefficient (Wildman–Crippen LogP) is 0.775. The molecule has 8 nitrogen and oxygen atoms in total. The first-order valence-electron chi connectivity index (χ1n) is 6.04. The number of nitrogens with one attached hydrogen (secondary N) is 1. The van der Waals surface area contributed by atoms with Gasteiger partial charge in [0, 0.05) is 12.6 Å². The van der Waals surface area contributed by atoms with Gasteiger partial charge in [-0.2, -0.15) is 0 Å². The molecule has 10 heteroatoms. The van der Waals surface area contributed by atoms with Crippen LogP contribution >= 0.6 is 0 Å². The summed E-state index contributed by atoms with van der Waals surface area (Å²) in [6.07, 6.45) is 0.0568. The number of nitrogens with zero attached hydrogens (tertiary/aromatic N) is 1. The lowest BCUT2D eigenvalue weighted by atomic mass is 10.2. The van der Waals surface area contributed by atoms with Gasteiger partial charge in [-0.25, -0.2) is 17.5 Å². The fourth-order valence-corrected chi connectivity index (χ4v) is 3.14. The molecule has 0 aromatic heterocycles. The van der Waals surface area contributed by atoms with Crippen molar-refractivity contribution in [3.8, 4) is 0 Å². The molecule has 1 fully saturated rings. The summed E-state index contributed by atoms with van der Waals surface area (Å²) < 4.78 is 50.1. The molecule has 0 amide bonds. The largest absolute Gasteiger partial charge is 0.355 e. The number of nitro benzene ring substituents is 1. The van der Waals surface area contributed by atoms with E-state index >= 15 is 0 Å². The Balaban J connectivity index is 2.21. The number of nitro groups is 1. The highest BCUT2D eigenvalue weighted by molar-refractivity contribution is 7.89. The molecule has 1 heterocycles. The van der Waals surface area contributed by atoms with Crippen molar-refractivity contribution in [2.24, 2.45) is 0 Å². The lowest BCUT2D eigenvalue weighted by molar-refractivity contribution is -0.388. The molecule has 1 atom stereocenters. The summed E-state index contributed by atoms with van der Waals surface area (Å²) in [5, 5.41) is 10.8. The highest BCUT2D eigenvalue weighted by Gasteiger charge is 2.30. The minimum atomic E-state index is -4.35. The van der Waals surface area contributed by atoms with Crippen molar-refractivity contribution in [3.63, 3.8) is 0 Å². The second-order valence-electron chi connectivity index (χ2n) is 4.30. The van der Waals surface area contributed by atoms with Crippen molar-refractivity contribution in [2.45, 2.75) is 17.4 Å². The Labute approximate surface area is 120 Å². The van der Waals surface area contributed by atoms with Gasteiger partial charge in [-0.15, -0.1) is 0 Å². The topological polar surface area (TPSA) is 108 Å². The van der Waals surface area contributed by atoms with Crippen molar-refractivity contribution >= 4 is 15.7 Å². The number of rotatable bonds is 5. The average molecular weight is 320 g/mol. The summed E-state index contributed by atoms with van der Waals surface area (Å²) in [6, 6.07) is 2.86. The molecule has 1 N–H and O–H groups in total. The van der Waals surface area contributed by atoms with E-state index in [4.69, 9.17) is 9.47 Å². The molecule has 1 unspecified atom stereocenters. The predicted molar refractivity (Wildman–Crippen MR) is 68.6 cm³/mol. The normalized spacial score (nSPS) is 19.4. The van der Waals surface area contributed by atoms with E-state index in [1.54, 1.807) is 0 Å². The molecule has 0 saturated carbocycles. The van der Waals surface area contributed by atoms with Gasteiger partial charge in [0.2, 0.25) is 10.0 Å². The van der Waals surface area contributed by atoms with Crippen molar-refractivity contribution in [1.82, 2.24) is 4.72 Å². The third-order valence-electron chi connectivity index (χ3n) is 2.88. The van der Waals surface area contributed by atoms with Gasteiger partial charge in [0.15, 0.2) is 4.90 Å². The van der Waals surface area contributed by atoms with Crippen molar-refractivity contribution in [3.05, 3.63) is 34.1 Å². The van der Waals surface area contributed by atoms with Crippen LogP contribution in [0.4, 0.5) is 10.1 Å². The number of ether oxygens (including phenoxy) is 2. The molecule has 2 rings (SSSR count). The van der Waals surface area contributed by atoms with Gasteiger partial charge in [0.05, 0.1) is 17.6 Å². The van der Waals surface area contributed by atoms with Crippen LogP contribution in [0.1, 0.15) is 6.42 Å². The van der Waals surface area contributed by atoms with E-state index in [2.05, 4.69) is 4.72 Å². The van der Waals surface area contributed by atoms with E-state index in [0.29, 0.717) is 13.0 Å². The number of hydrogen-bond acceptors (Lipinski definition) is 6. The van der Waals surface area contributed by atoms with Crippen molar-refractivity contribution in [2.75, 3.05) is 19.9 Å². The van der Waals surface area contributed by atoms with E-state index < -0.39 is 37.5 Å². The molecule has 1 aliphatic rings. The monoisotopic (exact) mass is 320 g/mol. The minimum absolute atomic E-state index is 0.0479. The maximum Gasteiger partial charge on any atom is 0.292 e. The molecular weight excluding hydrogens is 307 g/mol. The number of benzene rings is 1.